The van der Waals surface area contributed by atoms with E-state index in [2.05, 4.69) is 16.0 Å². The molecular weight excluding hydrogens is 260 g/mol. The SMILES string of the molecule is N#Cc1ccc(Cn2c(Cl)nc3cccnc32)cc1. The summed E-state index contributed by atoms with van der Waals surface area (Å²) in [6.07, 6.45) is 1.72. The summed E-state index contributed by atoms with van der Waals surface area (Å²) in [6.45, 7) is 0.581. The number of hydrogen-bond acceptors (Lipinski definition) is 3. The molecule has 0 aliphatic rings. The summed E-state index contributed by atoms with van der Waals surface area (Å²) in [4.78, 5) is 8.55. The van der Waals surface area contributed by atoms with Gasteiger partial charge < -0.3 is 0 Å². The van der Waals surface area contributed by atoms with E-state index in [4.69, 9.17) is 16.9 Å². The maximum absolute atomic E-state index is 8.77. The van der Waals surface area contributed by atoms with Gasteiger partial charge in [-0.25, -0.2) is 9.97 Å². The lowest BCUT2D eigenvalue weighted by Gasteiger charge is -2.05. The van der Waals surface area contributed by atoms with Crippen molar-refractivity contribution in [3.05, 3.63) is 59.0 Å². The van der Waals surface area contributed by atoms with E-state index in [1.54, 1.807) is 18.3 Å². The fraction of sp³-hybridized carbons (Fsp3) is 0.0714. The number of nitrogens with zero attached hydrogens (tertiary/aromatic N) is 4. The number of nitriles is 1. The number of rotatable bonds is 2. The first-order valence-electron chi connectivity index (χ1n) is 5.74. The van der Waals surface area contributed by atoms with Crippen molar-refractivity contribution in [2.24, 2.45) is 0 Å². The third kappa shape index (κ3) is 2.16. The first-order chi connectivity index (χ1) is 9.28. The van der Waals surface area contributed by atoms with Crippen LogP contribution in [0, 0.1) is 11.3 Å². The van der Waals surface area contributed by atoms with Gasteiger partial charge in [-0.3, -0.25) is 4.57 Å². The van der Waals surface area contributed by atoms with Crippen LogP contribution in [-0.2, 0) is 6.54 Å². The van der Waals surface area contributed by atoms with Gasteiger partial charge in [0.2, 0.25) is 5.28 Å². The molecule has 0 aliphatic carbocycles. The lowest BCUT2D eigenvalue weighted by molar-refractivity contribution is 0.815. The van der Waals surface area contributed by atoms with Crippen molar-refractivity contribution in [2.45, 2.75) is 6.54 Å². The molecule has 2 heterocycles. The summed E-state index contributed by atoms with van der Waals surface area (Å²) in [5, 5.41) is 9.19. The molecule has 0 saturated heterocycles. The highest BCUT2D eigenvalue weighted by atomic mass is 35.5. The number of benzene rings is 1. The van der Waals surface area contributed by atoms with Gasteiger partial charge >= 0.3 is 0 Å². The van der Waals surface area contributed by atoms with Crippen LogP contribution in [0.1, 0.15) is 11.1 Å². The Kier molecular flexibility index (Phi) is 2.90. The van der Waals surface area contributed by atoms with Gasteiger partial charge in [-0.1, -0.05) is 12.1 Å². The Morgan fingerprint density at radius 2 is 2.00 bits per heavy atom. The second kappa shape index (κ2) is 4.71. The third-order valence-corrected chi connectivity index (χ3v) is 3.17. The molecule has 0 atom stereocenters. The highest BCUT2D eigenvalue weighted by Crippen LogP contribution is 2.19. The summed E-state index contributed by atoms with van der Waals surface area (Å²) in [5.41, 5.74) is 3.23. The number of aromatic nitrogens is 3. The first-order valence-corrected chi connectivity index (χ1v) is 6.11. The van der Waals surface area contributed by atoms with Crippen molar-refractivity contribution in [3.8, 4) is 6.07 Å². The van der Waals surface area contributed by atoms with Crippen LogP contribution in [0.25, 0.3) is 11.2 Å². The van der Waals surface area contributed by atoms with Crippen molar-refractivity contribution in [1.29, 1.82) is 5.26 Å². The lowest BCUT2D eigenvalue weighted by atomic mass is 10.1. The molecule has 0 fully saturated rings. The molecule has 3 aromatic rings. The van der Waals surface area contributed by atoms with E-state index in [-0.39, 0.29) is 0 Å². The molecule has 3 rings (SSSR count). The van der Waals surface area contributed by atoms with E-state index >= 15 is 0 Å². The molecule has 0 unspecified atom stereocenters. The molecule has 0 aliphatic heterocycles. The Labute approximate surface area is 114 Å². The minimum atomic E-state index is 0.415. The van der Waals surface area contributed by atoms with Crippen molar-refractivity contribution >= 4 is 22.8 Å². The maximum Gasteiger partial charge on any atom is 0.205 e. The Bertz CT molecular complexity index is 768. The fourth-order valence-corrected chi connectivity index (χ4v) is 2.17. The van der Waals surface area contributed by atoms with Crippen LogP contribution < -0.4 is 0 Å². The smallest absolute Gasteiger partial charge is 0.205 e. The summed E-state index contributed by atoms with van der Waals surface area (Å²) < 4.78 is 1.85. The zero-order valence-corrected chi connectivity index (χ0v) is 10.7. The van der Waals surface area contributed by atoms with Gasteiger partial charge in [0.1, 0.15) is 5.52 Å². The van der Waals surface area contributed by atoms with Crippen molar-refractivity contribution in [3.63, 3.8) is 0 Å². The summed E-state index contributed by atoms with van der Waals surface area (Å²) in [6, 6.07) is 13.2. The number of imidazole rings is 1. The van der Waals surface area contributed by atoms with E-state index in [9.17, 15) is 0 Å². The molecular formula is C14H9ClN4. The maximum atomic E-state index is 8.77. The highest BCUT2D eigenvalue weighted by molar-refractivity contribution is 6.29. The van der Waals surface area contributed by atoms with Crippen LogP contribution in [0.2, 0.25) is 5.28 Å². The highest BCUT2D eigenvalue weighted by Gasteiger charge is 2.09. The average Bonchev–Trinajstić information content (AvgIpc) is 2.76. The van der Waals surface area contributed by atoms with Crippen LogP contribution in [0.3, 0.4) is 0 Å². The number of pyridine rings is 1. The lowest BCUT2D eigenvalue weighted by Crippen LogP contribution is -2.00. The fourth-order valence-electron chi connectivity index (χ4n) is 1.94. The number of fused-ring (bicyclic) bond motifs is 1. The predicted molar refractivity (Wildman–Crippen MR) is 72.8 cm³/mol. The second-order valence-electron chi connectivity index (χ2n) is 4.12. The minimum absolute atomic E-state index is 0.415. The van der Waals surface area contributed by atoms with Crippen molar-refractivity contribution in [2.75, 3.05) is 0 Å². The Balaban J connectivity index is 2.00. The number of hydrogen-bond donors (Lipinski definition) is 0. The normalized spacial score (nSPS) is 10.5. The van der Waals surface area contributed by atoms with E-state index in [0.717, 1.165) is 16.7 Å². The number of halogens is 1. The molecule has 0 N–H and O–H groups in total. The Hall–Kier alpha value is -2.38. The molecule has 19 heavy (non-hydrogen) atoms. The zero-order chi connectivity index (χ0) is 13.2. The van der Waals surface area contributed by atoms with E-state index < -0.39 is 0 Å². The quantitative estimate of drug-likeness (QED) is 0.718. The van der Waals surface area contributed by atoms with Crippen LogP contribution in [0.5, 0.6) is 0 Å². The molecule has 1 aromatic carbocycles. The van der Waals surface area contributed by atoms with Gasteiger partial charge in [-0.15, -0.1) is 0 Å². The van der Waals surface area contributed by atoms with Gasteiger partial charge in [0.15, 0.2) is 5.65 Å². The van der Waals surface area contributed by atoms with Crippen LogP contribution >= 0.6 is 11.6 Å². The van der Waals surface area contributed by atoms with Crippen LogP contribution in [0.4, 0.5) is 0 Å². The topological polar surface area (TPSA) is 54.5 Å². The van der Waals surface area contributed by atoms with E-state index in [1.165, 1.54) is 0 Å². The monoisotopic (exact) mass is 268 g/mol. The van der Waals surface area contributed by atoms with Crippen LogP contribution in [0.15, 0.2) is 42.6 Å². The Morgan fingerprint density at radius 3 is 2.74 bits per heavy atom. The summed E-state index contributed by atoms with van der Waals surface area (Å²) >= 11 is 6.14. The van der Waals surface area contributed by atoms with Gasteiger partial charge in [0.25, 0.3) is 0 Å². The molecule has 0 spiro atoms. The van der Waals surface area contributed by atoms with E-state index in [0.29, 0.717) is 17.4 Å². The minimum Gasteiger partial charge on any atom is -0.295 e. The molecule has 2 aromatic heterocycles. The first kappa shape index (κ1) is 11.7. The van der Waals surface area contributed by atoms with Gasteiger partial charge in [0, 0.05) is 6.20 Å². The molecule has 0 radical (unpaired) electrons. The molecule has 0 saturated carbocycles. The molecule has 5 heteroatoms. The van der Waals surface area contributed by atoms with Crippen molar-refractivity contribution < 1.29 is 0 Å². The standard InChI is InChI=1S/C14H9ClN4/c15-14-18-12-2-1-7-17-13(12)19(14)9-11-5-3-10(8-16)4-6-11/h1-7H,9H2. The van der Waals surface area contributed by atoms with Gasteiger partial charge in [-0.2, -0.15) is 5.26 Å². The summed E-state index contributed by atoms with van der Waals surface area (Å²) in [5.74, 6) is 0. The average molecular weight is 269 g/mol. The molecule has 4 nitrogen and oxygen atoms in total. The summed E-state index contributed by atoms with van der Waals surface area (Å²) in [7, 11) is 0. The largest absolute Gasteiger partial charge is 0.295 e. The van der Waals surface area contributed by atoms with Crippen LogP contribution in [-0.4, -0.2) is 14.5 Å². The molecule has 0 bridgehead atoms. The third-order valence-electron chi connectivity index (χ3n) is 2.88. The molecule has 92 valence electrons. The molecule has 0 amide bonds. The van der Waals surface area contributed by atoms with Crippen molar-refractivity contribution in [1.82, 2.24) is 14.5 Å². The predicted octanol–water partition coefficient (Wildman–Crippen LogP) is 3.00. The Morgan fingerprint density at radius 1 is 1.21 bits per heavy atom. The zero-order valence-electron chi connectivity index (χ0n) is 9.92. The van der Waals surface area contributed by atoms with Gasteiger partial charge in [0.05, 0.1) is 18.2 Å². The van der Waals surface area contributed by atoms with Gasteiger partial charge in [-0.05, 0) is 41.4 Å². The second-order valence-corrected chi connectivity index (χ2v) is 4.46. The van der Waals surface area contributed by atoms with E-state index in [1.807, 2.05) is 28.8 Å².